The highest BCUT2D eigenvalue weighted by atomic mass is 16.5. The van der Waals surface area contributed by atoms with Gasteiger partial charge in [-0.2, -0.15) is 0 Å². The molecule has 4 atom stereocenters. The van der Waals surface area contributed by atoms with Crippen molar-refractivity contribution in [3.05, 3.63) is 42.1 Å². The number of fused-ring (bicyclic) bond motifs is 4. The maximum Gasteiger partial charge on any atom is 0.404 e. The van der Waals surface area contributed by atoms with E-state index in [2.05, 4.69) is 31.9 Å². The van der Waals surface area contributed by atoms with E-state index >= 15 is 0 Å². The van der Waals surface area contributed by atoms with Gasteiger partial charge in [0.25, 0.3) is 5.91 Å². The van der Waals surface area contributed by atoms with Gasteiger partial charge >= 0.3 is 6.09 Å². The molecule has 224 valence electrons. The predicted molar refractivity (Wildman–Crippen MR) is 161 cm³/mol. The van der Waals surface area contributed by atoms with Gasteiger partial charge in [0.05, 0.1) is 30.4 Å². The van der Waals surface area contributed by atoms with Crippen LogP contribution in [0.4, 0.5) is 4.79 Å². The molecule has 2 aliphatic heterocycles. The van der Waals surface area contributed by atoms with Crippen LogP contribution in [0, 0.1) is 17.8 Å². The fourth-order valence-electron chi connectivity index (χ4n) is 7.78. The number of ether oxygens (including phenoxy) is 1. The Kier molecular flexibility index (Phi) is 6.32. The van der Waals surface area contributed by atoms with Gasteiger partial charge < -0.3 is 34.5 Å². The lowest BCUT2D eigenvalue weighted by molar-refractivity contribution is 0.0697. The average Bonchev–Trinajstić information content (AvgIpc) is 3.40. The van der Waals surface area contributed by atoms with Crippen molar-refractivity contribution < 1.29 is 19.4 Å². The van der Waals surface area contributed by atoms with Gasteiger partial charge in [-0.25, -0.2) is 14.8 Å². The zero-order valence-electron chi connectivity index (χ0n) is 24.3. The molecule has 2 saturated carbocycles. The number of rotatable bonds is 8. The van der Waals surface area contributed by atoms with Gasteiger partial charge in [-0.15, -0.1) is 0 Å². The van der Waals surface area contributed by atoms with Gasteiger partial charge in [-0.05, 0) is 93.3 Å². The van der Waals surface area contributed by atoms with E-state index in [0.29, 0.717) is 29.7 Å². The van der Waals surface area contributed by atoms with Crippen molar-refractivity contribution in [2.24, 2.45) is 17.8 Å². The van der Waals surface area contributed by atoms with E-state index in [4.69, 9.17) is 14.7 Å². The van der Waals surface area contributed by atoms with Crippen LogP contribution in [0.15, 0.2) is 36.5 Å². The summed E-state index contributed by atoms with van der Waals surface area (Å²) >= 11 is 0. The van der Waals surface area contributed by atoms with Crippen molar-refractivity contribution in [3.8, 4) is 17.3 Å². The number of hydrogen-bond acceptors (Lipinski definition) is 6. The van der Waals surface area contributed by atoms with Gasteiger partial charge in [-0.1, -0.05) is 0 Å². The number of imidazole rings is 1. The van der Waals surface area contributed by atoms with Crippen LogP contribution in [-0.2, 0) is 13.1 Å². The Bertz CT molecular complexity index is 1730. The highest BCUT2D eigenvalue weighted by molar-refractivity contribution is 6.00. The third-order valence-corrected chi connectivity index (χ3v) is 10.0. The maximum atomic E-state index is 14.0. The first-order chi connectivity index (χ1) is 21.0. The zero-order chi connectivity index (χ0) is 29.2. The van der Waals surface area contributed by atoms with Crippen molar-refractivity contribution in [2.75, 3.05) is 26.7 Å². The summed E-state index contributed by atoms with van der Waals surface area (Å²) in [5.41, 5.74) is 4.15. The average molecular weight is 584 g/mol. The largest absolute Gasteiger partial charge is 0.494 e. The summed E-state index contributed by atoms with van der Waals surface area (Å²) in [6, 6.07) is 9.66. The third-order valence-electron chi connectivity index (χ3n) is 10.0. The molecule has 8 rings (SSSR count). The smallest absolute Gasteiger partial charge is 0.404 e. The molecule has 2 bridgehead atoms. The first-order valence-corrected chi connectivity index (χ1v) is 15.5. The Morgan fingerprint density at radius 3 is 2.72 bits per heavy atom. The molecule has 2 aliphatic carbocycles. The number of carbonyl (C=O) groups excluding carboxylic acids is 1. The maximum absolute atomic E-state index is 14.0. The van der Waals surface area contributed by atoms with Gasteiger partial charge in [-0.3, -0.25) is 4.79 Å². The molecular weight excluding hydrogens is 546 g/mol. The summed E-state index contributed by atoms with van der Waals surface area (Å²) in [6.07, 6.45) is 6.10. The minimum atomic E-state index is -1.04. The molecule has 0 radical (unpaired) electrons. The lowest BCUT2D eigenvalue weighted by Crippen LogP contribution is -2.45. The summed E-state index contributed by atoms with van der Waals surface area (Å²) in [7, 11) is 1.65. The lowest BCUT2D eigenvalue weighted by atomic mass is 10.1. The number of methoxy groups -OCH3 is 1. The SMILES string of the molecule is COc1cc(C(=O)N2C[C@H]3CC[C@@H]2[C@@H]3NC(=O)O)cc2nc(-c3cc4cccnc4n3CC3CC3)n(CC3CCNC3)c12. The Labute approximate surface area is 249 Å². The number of pyridine rings is 1. The molecule has 4 aromatic rings. The minimum absolute atomic E-state index is 0.104. The number of carbonyl (C=O) groups is 2. The highest BCUT2D eigenvalue weighted by Crippen LogP contribution is 2.41. The molecule has 5 heterocycles. The molecule has 3 N–H and O–H groups in total. The van der Waals surface area contributed by atoms with E-state index in [1.165, 1.54) is 12.8 Å². The number of aromatic nitrogens is 4. The molecule has 3 aromatic heterocycles. The molecule has 2 amide bonds. The Morgan fingerprint density at radius 1 is 1.09 bits per heavy atom. The van der Waals surface area contributed by atoms with Crippen LogP contribution in [0.25, 0.3) is 33.6 Å². The van der Waals surface area contributed by atoms with Crippen LogP contribution in [-0.4, -0.2) is 79.9 Å². The molecule has 4 aliphatic rings. The second-order valence-corrected chi connectivity index (χ2v) is 12.8. The fourth-order valence-corrected chi connectivity index (χ4v) is 7.78. The second-order valence-electron chi connectivity index (χ2n) is 12.8. The van der Waals surface area contributed by atoms with E-state index in [9.17, 15) is 14.7 Å². The first-order valence-electron chi connectivity index (χ1n) is 15.5. The van der Waals surface area contributed by atoms with Crippen molar-refractivity contribution in [1.29, 1.82) is 0 Å². The monoisotopic (exact) mass is 583 g/mol. The molecule has 0 spiro atoms. The van der Waals surface area contributed by atoms with E-state index in [0.717, 1.165) is 79.0 Å². The number of piperidine rings is 1. The molecular formula is C32H37N7O4. The number of benzene rings is 1. The van der Waals surface area contributed by atoms with Crippen LogP contribution in [0.3, 0.4) is 0 Å². The fraction of sp³-hybridized carbons (Fsp3) is 0.500. The van der Waals surface area contributed by atoms with Crippen LogP contribution in [0.2, 0.25) is 0 Å². The standard InChI is InChI=1S/C32H37N7O4/c1-43-26-13-22(31(40)38-17-21-6-7-24(38)27(21)36-32(41)42)11-23-28(26)39(16-19-8-10-33-14-19)30(35-23)25-12-20-3-2-9-34-29(20)37(25)15-18-4-5-18/h2-3,9,11-13,18-19,21,24,27,33,36H,4-8,10,14-17H2,1H3,(H,41,42)/t19?,21-,24-,27-/m1/s1. The van der Waals surface area contributed by atoms with Crippen molar-refractivity contribution >= 4 is 34.1 Å². The van der Waals surface area contributed by atoms with Gasteiger partial charge in [0.1, 0.15) is 16.9 Å². The van der Waals surface area contributed by atoms with Crippen LogP contribution in [0.1, 0.15) is 42.5 Å². The number of nitrogens with zero attached hydrogens (tertiary/aromatic N) is 5. The summed E-state index contributed by atoms with van der Waals surface area (Å²) in [4.78, 5) is 37.2. The van der Waals surface area contributed by atoms with Gasteiger partial charge in [0.15, 0.2) is 5.82 Å². The van der Waals surface area contributed by atoms with Gasteiger partial charge in [0.2, 0.25) is 0 Å². The predicted octanol–water partition coefficient (Wildman–Crippen LogP) is 3.95. The second kappa shape index (κ2) is 10.3. The number of likely N-dealkylation sites (tertiary alicyclic amines) is 1. The Balaban J connectivity index is 1.24. The van der Waals surface area contributed by atoms with Crippen LogP contribution in [0.5, 0.6) is 5.75 Å². The minimum Gasteiger partial charge on any atom is -0.494 e. The number of carboxylic acid groups (broad SMARTS) is 1. The zero-order valence-corrected chi connectivity index (χ0v) is 24.3. The molecule has 4 fully saturated rings. The Morgan fingerprint density at radius 2 is 1.95 bits per heavy atom. The Hall–Kier alpha value is -4.12. The first kappa shape index (κ1) is 26.5. The molecule has 11 nitrogen and oxygen atoms in total. The molecule has 43 heavy (non-hydrogen) atoms. The van der Waals surface area contributed by atoms with Crippen LogP contribution >= 0.6 is 0 Å². The van der Waals surface area contributed by atoms with E-state index in [-0.39, 0.29) is 23.9 Å². The number of amides is 2. The molecule has 1 aromatic carbocycles. The summed E-state index contributed by atoms with van der Waals surface area (Å²) in [5.74, 6) is 2.64. The quantitative estimate of drug-likeness (QED) is 0.287. The number of hydrogen-bond donors (Lipinski definition) is 3. The molecule has 11 heteroatoms. The summed E-state index contributed by atoms with van der Waals surface area (Å²) < 4.78 is 10.6. The number of nitrogens with one attached hydrogen (secondary N) is 2. The summed E-state index contributed by atoms with van der Waals surface area (Å²) in [5, 5.41) is 16.6. The molecule has 2 saturated heterocycles. The van der Waals surface area contributed by atoms with Crippen molar-refractivity contribution in [3.63, 3.8) is 0 Å². The topological polar surface area (TPSA) is 127 Å². The summed E-state index contributed by atoms with van der Waals surface area (Å²) in [6.45, 7) is 4.21. The molecule has 1 unspecified atom stereocenters. The normalized spacial score (nSPS) is 24.8. The van der Waals surface area contributed by atoms with Crippen LogP contribution < -0.4 is 15.4 Å². The third kappa shape index (κ3) is 4.52. The highest BCUT2D eigenvalue weighted by Gasteiger charge is 2.49. The van der Waals surface area contributed by atoms with E-state index in [1.807, 2.05) is 29.3 Å². The van der Waals surface area contributed by atoms with E-state index in [1.54, 1.807) is 7.11 Å². The van der Waals surface area contributed by atoms with E-state index < -0.39 is 6.09 Å². The van der Waals surface area contributed by atoms with Crippen molar-refractivity contribution in [1.82, 2.24) is 34.6 Å². The van der Waals surface area contributed by atoms with Gasteiger partial charge in [0, 0.05) is 36.8 Å². The lowest BCUT2D eigenvalue weighted by Gasteiger charge is -2.27. The van der Waals surface area contributed by atoms with Crippen molar-refractivity contribution in [2.45, 2.75) is 57.3 Å².